The van der Waals surface area contributed by atoms with E-state index in [1.165, 1.54) is 17.0 Å². The molecule has 28 heavy (non-hydrogen) atoms. The van der Waals surface area contributed by atoms with Crippen LogP contribution in [0.2, 0.25) is 0 Å². The van der Waals surface area contributed by atoms with Gasteiger partial charge in [-0.05, 0) is 42.7 Å². The first kappa shape index (κ1) is 18.2. The van der Waals surface area contributed by atoms with Gasteiger partial charge in [0.1, 0.15) is 12.4 Å². The number of hydrogen-bond acceptors (Lipinski definition) is 3. The fraction of sp³-hybridized carbons (Fsp3) is 0.273. The molecule has 2 amide bonds. The molecule has 1 unspecified atom stereocenters. The Bertz CT molecular complexity index is 891. The molecule has 2 aromatic carbocycles. The summed E-state index contributed by atoms with van der Waals surface area (Å²) in [6.45, 7) is 6.18. The lowest BCUT2D eigenvalue weighted by molar-refractivity contribution is -0.121. The smallest absolute Gasteiger partial charge is 0.259 e. The molecule has 0 aromatic heterocycles. The second-order valence-electron chi connectivity index (χ2n) is 7.26. The van der Waals surface area contributed by atoms with Crippen LogP contribution < -0.4 is 10.2 Å². The monoisotopic (exact) mass is 379 g/mol. The maximum atomic E-state index is 13.1. The number of nitrogens with one attached hydrogen (secondary N) is 1. The maximum Gasteiger partial charge on any atom is 0.259 e. The van der Waals surface area contributed by atoms with Gasteiger partial charge in [0, 0.05) is 42.1 Å². The summed E-state index contributed by atoms with van der Waals surface area (Å²) in [6, 6.07) is 13.7. The van der Waals surface area contributed by atoms with Crippen LogP contribution in [0.5, 0.6) is 0 Å². The highest BCUT2D eigenvalue weighted by Crippen LogP contribution is 2.30. The highest BCUT2D eigenvalue weighted by molar-refractivity contribution is 6.10. The van der Waals surface area contributed by atoms with Crippen LogP contribution in [0.15, 0.2) is 55.1 Å². The maximum absolute atomic E-state index is 13.1. The normalized spacial score (nSPS) is 18.5. The van der Waals surface area contributed by atoms with Crippen LogP contribution >= 0.6 is 0 Å². The molecule has 5 nitrogen and oxygen atoms in total. The number of hydrogen-bond donors (Lipinski definition) is 1. The Labute approximate surface area is 163 Å². The summed E-state index contributed by atoms with van der Waals surface area (Å²) in [6.07, 6.45) is 0.957. The van der Waals surface area contributed by atoms with Crippen molar-refractivity contribution in [3.8, 4) is 0 Å². The summed E-state index contributed by atoms with van der Waals surface area (Å²) in [4.78, 5) is 28.5. The summed E-state index contributed by atoms with van der Waals surface area (Å²) in [5.41, 5.74) is 2.93. The molecule has 0 spiro atoms. The second kappa shape index (κ2) is 7.46. The topological polar surface area (TPSA) is 52.7 Å². The van der Waals surface area contributed by atoms with Crippen LogP contribution in [0.3, 0.4) is 0 Å². The molecule has 1 atom stereocenters. The summed E-state index contributed by atoms with van der Waals surface area (Å²) < 4.78 is 13.1. The van der Waals surface area contributed by atoms with Crippen molar-refractivity contribution in [1.82, 2.24) is 10.2 Å². The molecule has 2 heterocycles. The van der Waals surface area contributed by atoms with Crippen molar-refractivity contribution < 1.29 is 14.0 Å². The number of halogens is 1. The van der Waals surface area contributed by atoms with E-state index >= 15 is 0 Å². The number of benzene rings is 2. The quantitative estimate of drug-likeness (QED) is 0.869. The molecule has 0 bridgehead atoms. The predicted octanol–water partition coefficient (Wildman–Crippen LogP) is 2.89. The van der Waals surface area contributed by atoms with E-state index in [0.29, 0.717) is 23.7 Å². The fourth-order valence-corrected chi connectivity index (χ4v) is 3.85. The van der Waals surface area contributed by atoms with Crippen molar-refractivity contribution in [2.24, 2.45) is 5.92 Å². The van der Waals surface area contributed by atoms with Gasteiger partial charge in [-0.2, -0.15) is 0 Å². The molecule has 2 aliphatic rings. The number of fused-ring (bicyclic) bond motifs is 1. The van der Waals surface area contributed by atoms with Crippen LogP contribution in [0.4, 0.5) is 10.1 Å². The largest absolute Gasteiger partial charge is 0.371 e. The molecule has 1 saturated heterocycles. The minimum atomic E-state index is -0.244. The molecule has 1 N–H and O–H groups in total. The van der Waals surface area contributed by atoms with Crippen LogP contribution in [-0.2, 0) is 4.79 Å². The lowest BCUT2D eigenvalue weighted by Crippen LogP contribution is -2.39. The first-order valence-corrected chi connectivity index (χ1v) is 9.40. The first-order valence-electron chi connectivity index (χ1n) is 9.40. The molecular formula is C22H22FN3O2. The molecule has 0 aliphatic carbocycles. The number of carbonyl (C=O) groups excluding carboxylic acids is 2. The van der Waals surface area contributed by atoms with Gasteiger partial charge in [-0.1, -0.05) is 24.8 Å². The van der Waals surface area contributed by atoms with Gasteiger partial charge in [0.15, 0.2) is 0 Å². The minimum Gasteiger partial charge on any atom is -0.371 e. The molecule has 0 radical (unpaired) electrons. The van der Waals surface area contributed by atoms with E-state index < -0.39 is 0 Å². The average Bonchev–Trinajstić information content (AvgIpc) is 3.27. The van der Waals surface area contributed by atoms with E-state index in [2.05, 4.69) is 16.8 Å². The van der Waals surface area contributed by atoms with Gasteiger partial charge in [-0.3, -0.25) is 14.5 Å². The van der Waals surface area contributed by atoms with Gasteiger partial charge in [0.2, 0.25) is 5.91 Å². The van der Waals surface area contributed by atoms with Crippen molar-refractivity contribution in [2.45, 2.75) is 6.42 Å². The Hall–Kier alpha value is -3.15. The standard InChI is InChI=1S/C22H22FN3O2/c1-15-19-4-2-3-5-20(19)22(28)26(15)14-21(27)24-12-16-10-11-25(13-16)18-8-6-17(23)7-9-18/h2-9,16H,1,10-14H2,(H,24,27). The fourth-order valence-electron chi connectivity index (χ4n) is 3.85. The van der Waals surface area contributed by atoms with Crippen molar-refractivity contribution in [3.63, 3.8) is 0 Å². The summed E-state index contributed by atoms with van der Waals surface area (Å²) in [5.74, 6) is -0.294. The van der Waals surface area contributed by atoms with E-state index in [-0.39, 0.29) is 24.2 Å². The van der Waals surface area contributed by atoms with Crippen LogP contribution in [0.1, 0.15) is 22.3 Å². The Morgan fingerprint density at radius 1 is 1.14 bits per heavy atom. The van der Waals surface area contributed by atoms with Crippen LogP contribution in [0, 0.1) is 11.7 Å². The molecular weight excluding hydrogens is 357 g/mol. The van der Waals surface area contributed by atoms with E-state index in [4.69, 9.17) is 0 Å². The highest BCUT2D eigenvalue weighted by atomic mass is 19.1. The summed E-state index contributed by atoms with van der Waals surface area (Å²) in [7, 11) is 0. The molecule has 1 fully saturated rings. The number of rotatable bonds is 5. The number of anilines is 1. The molecule has 4 rings (SSSR count). The zero-order chi connectivity index (χ0) is 19.7. The third-order valence-electron chi connectivity index (χ3n) is 5.41. The molecule has 0 saturated carbocycles. The van der Waals surface area contributed by atoms with Gasteiger partial charge < -0.3 is 10.2 Å². The van der Waals surface area contributed by atoms with Gasteiger partial charge in [-0.15, -0.1) is 0 Å². The Morgan fingerprint density at radius 2 is 1.86 bits per heavy atom. The molecule has 6 heteroatoms. The number of carbonyl (C=O) groups is 2. The lowest BCUT2D eigenvalue weighted by Gasteiger charge is -2.20. The highest BCUT2D eigenvalue weighted by Gasteiger charge is 2.32. The van der Waals surface area contributed by atoms with Gasteiger partial charge in [0.05, 0.1) is 0 Å². The minimum absolute atomic E-state index is 0.0270. The average molecular weight is 379 g/mol. The van der Waals surface area contributed by atoms with Gasteiger partial charge in [0.25, 0.3) is 5.91 Å². The predicted molar refractivity (Wildman–Crippen MR) is 106 cm³/mol. The summed E-state index contributed by atoms with van der Waals surface area (Å²) >= 11 is 0. The Morgan fingerprint density at radius 3 is 2.57 bits per heavy atom. The third-order valence-corrected chi connectivity index (χ3v) is 5.41. The van der Waals surface area contributed by atoms with E-state index in [9.17, 15) is 14.0 Å². The van der Waals surface area contributed by atoms with E-state index in [0.717, 1.165) is 30.8 Å². The van der Waals surface area contributed by atoms with Crippen LogP contribution in [-0.4, -0.2) is 42.9 Å². The summed E-state index contributed by atoms with van der Waals surface area (Å²) in [5, 5.41) is 2.94. The third kappa shape index (κ3) is 3.50. The van der Waals surface area contributed by atoms with Gasteiger partial charge >= 0.3 is 0 Å². The van der Waals surface area contributed by atoms with E-state index in [1.54, 1.807) is 24.3 Å². The van der Waals surface area contributed by atoms with E-state index in [1.807, 2.05) is 12.1 Å². The zero-order valence-corrected chi connectivity index (χ0v) is 15.5. The number of nitrogens with zero attached hydrogens (tertiary/aromatic N) is 2. The van der Waals surface area contributed by atoms with Crippen LogP contribution in [0.25, 0.3) is 5.70 Å². The Kier molecular flexibility index (Phi) is 4.86. The second-order valence-corrected chi connectivity index (χ2v) is 7.26. The first-order chi connectivity index (χ1) is 13.5. The number of amides is 2. The van der Waals surface area contributed by atoms with Crippen molar-refractivity contribution in [3.05, 3.63) is 72.1 Å². The molecule has 2 aromatic rings. The van der Waals surface area contributed by atoms with Gasteiger partial charge in [-0.25, -0.2) is 4.39 Å². The van der Waals surface area contributed by atoms with Crippen molar-refractivity contribution in [2.75, 3.05) is 31.1 Å². The lowest BCUT2D eigenvalue weighted by atomic mass is 10.1. The molecule has 2 aliphatic heterocycles. The Balaban J connectivity index is 1.28. The van der Waals surface area contributed by atoms with Crippen molar-refractivity contribution in [1.29, 1.82) is 0 Å². The zero-order valence-electron chi connectivity index (χ0n) is 15.5. The van der Waals surface area contributed by atoms with Crippen molar-refractivity contribution >= 4 is 23.2 Å². The molecule has 144 valence electrons. The SMILES string of the molecule is C=C1c2ccccc2C(=O)N1CC(=O)NCC1CCN(c2ccc(F)cc2)C1.